The molecule has 0 fully saturated rings. The van der Waals surface area contributed by atoms with Crippen molar-refractivity contribution in [3.63, 3.8) is 0 Å². The summed E-state index contributed by atoms with van der Waals surface area (Å²) >= 11 is 0. The van der Waals surface area contributed by atoms with Crippen LogP contribution in [-0.2, 0) is 22.9 Å². The van der Waals surface area contributed by atoms with Crippen molar-refractivity contribution in [1.82, 2.24) is 3.97 Å². The van der Waals surface area contributed by atoms with Gasteiger partial charge in [0, 0.05) is 17.5 Å². The van der Waals surface area contributed by atoms with Crippen LogP contribution in [0.5, 0.6) is 0 Å². The molecule has 1 heterocycles. The van der Waals surface area contributed by atoms with Gasteiger partial charge in [-0.25, -0.2) is 12.4 Å². The van der Waals surface area contributed by atoms with E-state index in [0.29, 0.717) is 4.90 Å². The fraction of sp³-hybridized carbons (Fsp3) is 0.360. The summed E-state index contributed by atoms with van der Waals surface area (Å²) in [6.07, 6.45) is 7.65. The molecule has 0 aliphatic heterocycles. The lowest BCUT2D eigenvalue weighted by Crippen LogP contribution is -2.15. The van der Waals surface area contributed by atoms with Crippen LogP contribution in [0.1, 0.15) is 56.4 Å². The van der Waals surface area contributed by atoms with Gasteiger partial charge >= 0.3 is 0 Å². The second-order valence-electron chi connectivity index (χ2n) is 7.66. The predicted molar refractivity (Wildman–Crippen MR) is 121 cm³/mol. The highest BCUT2D eigenvalue weighted by molar-refractivity contribution is 7.90. The normalized spacial score (nSPS) is 11.7. The van der Waals surface area contributed by atoms with E-state index in [1.54, 1.807) is 16.1 Å². The average Bonchev–Trinajstić information content (AvgIpc) is 3.10. The molecule has 0 atom stereocenters. The molecule has 2 aromatic carbocycles. The van der Waals surface area contributed by atoms with Gasteiger partial charge in [-0.15, -0.1) is 0 Å². The summed E-state index contributed by atoms with van der Waals surface area (Å²) in [7, 11) is -3.63. The summed E-state index contributed by atoms with van der Waals surface area (Å²) < 4.78 is 28.7. The van der Waals surface area contributed by atoms with Crippen LogP contribution in [0.15, 0.2) is 65.7 Å². The molecule has 0 saturated carbocycles. The minimum absolute atomic E-state index is 0.345. The van der Waals surface area contributed by atoms with Gasteiger partial charge in [0.1, 0.15) is 0 Å². The maximum Gasteiger partial charge on any atom is 0.267 e. The van der Waals surface area contributed by atoms with Crippen LogP contribution >= 0.6 is 0 Å². The molecule has 0 N–H and O–H groups in total. The number of rotatable bonds is 9. The maximum absolute atomic E-state index is 13.6. The summed E-state index contributed by atoms with van der Waals surface area (Å²) in [4.78, 5) is 0.345. The summed E-state index contributed by atoms with van der Waals surface area (Å²) in [5.74, 6) is 0. The number of benzene rings is 2. The van der Waals surface area contributed by atoms with Gasteiger partial charge in [0.15, 0.2) is 0 Å². The molecule has 3 rings (SSSR count). The molecule has 0 amide bonds. The zero-order chi connectivity index (χ0) is 20.9. The Morgan fingerprint density at radius 2 is 1.45 bits per heavy atom. The zero-order valence-corrected chi connectivity index (χ0v) is 18.5. The van der Waals surface area contributed by atoms with Gasteiger partial charge in [-0.2, -0.15) is 0 Å². The molecule has 0 radical (unpaired) electrons. The third kappa shape index (κ3) is 4.64. The van der Waals surface area contributed by atoms with Crippen LogP contribution in [0.3, 0.4) is 0 Å². The molecule has 29 heavy (non-hydrogen) atoms. The van der Waals surface area contributed by atoms with Crippen LogP contribution in [0.4, 0.5) is 0 Å². The average molecular weight is 410 g/mol. The Labute approximate surface area is 175 Å². The molecule has 1 aromatic heterocycles. The van der Waals surface area contributed by atoms with E-state index in [2.05, 4.69) is 26.0 Å². The molecule has 0 unspecified atom stereocenters. The first-order chi connectivity index (χ1) is 14.0. The van der Waals surface area contributed by atoms with Crippen LogP contribution in [0.2, 0.25) is 0 Å². The third-order valence-electron chi connectivity index (χ3n) is 5.40. The van der Waals surface area contributed by atoms with E-state index >= 15 is 0 Å². The van der Waals surface area contributed by atoms with Crippen LogP contribution in [0, 0.1) is 6.92 Å². The van der Waals surface area contributed by atoms with Gasteiger partial charge < -0.3 is 0 Å². The standard InChI is InChI=1S/C25H31NO2S/c1-4-6-13-23-24(21-11-9-8-10-12-21)19-26(25(23)14-7-5-2)29(27,28)22-17-15-20(3)16-18-22/h8-12,15-19H,4-7,13-14H2,1-3H3. The SMILES string of the molecule is CCCCc1c(-c2ccccc2)cn(S(=O)(=O)c2ccc(C)cc2)c1CCCC. The highest BCUT2D eigenvalue weighted by Gasteiger charge is 2.25. The summed E-state index contributed by atoms with van der Waals surface area (Å²) in [6.45, 7) is 6.29. The van der Waals surface area contributed by atoms with Gasteiger partial charge in [0.05, 0.1) is 4.90 Å². The summed E-state index contributed by atoms with van der Waals surface area (Å²) in [5, 5.41) is 0. The summed E-state index contributed by atoms with van der Waals surface area (Å²) in [6, 6.07) is 17.3. The lowest BCUT2D eigenvalue weighted by Gasteiger charge is -2.13. The van der Waals surface area contributed by atoms with Gasteiger partial charge in [-0.1, -0.05) is 74.7 Å². The quantitative estimate of drug-likeness (QED) is 0.411. The minimum atomic E-state index is -3.63. The topological polar surface area (TPSA) is 39.1 Å². The Bertz CT molecular complexity index is 1030. The van der Waals surface area contributed by atoms with E-state index in [0.717, 1.165) is 60.9 Å². The lowest BCUT2D eigenvalue weighted by atomic mass is 9.97. The van der Waals surface area contributed by atoms with Crippen LogP contribution in [0.25, 0.3) is 11.1 Å². The van der Waals surface area contributed by atoms with Crippen LogP contribution < -0.4 is 0 Å². The summed E-state index contributed by atoms with van der Waals surface area (Å²) in [5.41, 5.74) is 5.30. The number of hydrogen-bond acceptors (Lipinski definition) is 2. The number of nitrogens with zero attached hydrogens (tertiary/aromatic N) is 1. The van der Waals surface area contributed by atoms with E-state index in [1.165, 1.54) is 5.56 Å². The van der Waals surface area contributed by atoms with Gasteiger partial charge in [-0.05, 0) is 55.9 Å². The van der Waals surface area contributed by atoms with Crippen molar-refractivity contribution in [1.29, 1.82) is 0 Å². The monoisotopic (exact) mass is 409 g/mol. The molecule has 3 aromatic rings. The first-order valence-electron chi connectivity index (χ1n) is 10.6. The minimum Gasteiger partial charge on any atom is -0.245 e. The Hall–Kier alpha value is -2.33. The van der Waals surface area contributed by atoms with Crippen LogP contribution in [-0.4, -0.2) is 12.4 Å². The van der Waals surface area contributed by atoms with E-state index in [1.807, 2.05) is 43.5 Å². The third-order valence-corrected chi connectivity index (χ3v) is 7.11. The van der Waals surface area contributed by atoms with Crippen molar-refractivity contribution in [2.24, 2.45) is 0 Å². The number of aromatic nitrogens is 1. The molecular formula is C25H31NO2S. The first kappa shape index (κ1) is 21.4. The molecule has 0 aliphatic carbocycles. The number of unbranched alkanes of at least 4 members (excludes halogenated alkanes) is 2. The molecule has 0 bridgehead atoms. The zero-order valence-electron chi connectivity index (χ0n) is 17.7. The Morgan fingerprint density at radius 1 is 0.828 bits per heavy atom. The number of aryl methyl sites for hydroxylation is 1. The largest absolute Gasteiger partial charge is 0.267 e. The van der Waals surface area contributed by atoms with E-state index in [4.69, 9.17) is 0 Å². The Morgan fingerprint density at radius 3 is 2.07 bits per heavy atom. The van der Waals surface area contributed by atoms with Crippen molar-refractivity contribution in [3.05, 3.63) is 77.6 Å². The molecule has 0 saturated heterocycles. The Balaban J connectivity index is 2.21. The molecular weight excluding hydrogens is 378 g/mol. The first-order valence-corrected chi connectivity index (χ1v) is 12.0. The van der Waals surface area contributed by atoms with E-state index < -0.39 is 10.0 Å². The van der Waals surface area contributed by atoms with Crippen molar-refractivity contribution in [3.8, 4) is 11.1 Å². The predicted octanol–water partition coefficient (Wildman–Crippen LogP) is 6.39. The fourth-order valence-corrected chi connectivity index (χ4v) is 5.15. The smallest absolute Gasteiger partial charge is 0.245 e. The lowest BCUT2D eigenvalue weighted by molar-refractivity contribution is 0.583. The second-order valence-corrected chi connectivity index (χ2v) is 9.47. The van der Waals surface area contributed by atoms with Gasteiger partial charge in [-0.3, -0.25) is 0 Å². The highest BCUT2D eigenvalue weighted by atomic mass is 32.2. The molecule has 4 heteroatoms. The molecule has 0 spiro atoms. The molecule has 154 valence electrons. The number of hydrogen-bond donors (Lipinski definition) is 0. The molecule has 0 aliphatic rings. The van der Waals surface area contributed by atoms with E-state index in [9.17, 15) is 8.42 Å². The van der Waals surface area contributed by atoms with Crippen molar-refractivity contribution in [2.45, 2.75) is 64.2 Å². The van der Waals surface area contributed by atoms with Crippen molar-refractivity contribution in [2.75, 3.05) is 0 Å². The fourth-order valence-electron chi connectivity index (χ4n) is 3.70. The van der Waals surface area contributed by atoms with Gasteiger partial charge in [0.2, 0.25) is 0 Å². The second kappa shape index (κ2) is 9.45. The Kier molecular flexibility index (Phi) is 6.96. The maximum atomic E-state index is 13.6. The molecule has 3 nitrogen and oxygen atoms in total. The van der Waals surface area contributed by atoms with Gasteiger partial charge in [0.25, 0.3) is 10.0 Å². The highest BCUT2D eigenvalue weighted by Crippen LogP contribution is 2.33. The van der Waals surface area contributed by atoms with E-state index in [-0.39, 0.29) is 0 Å². The van der Waals surface area contributed by atoms with Crippen molar-refractivity contribution >= 4 is 10.0 Å². The van der Waals surface area contributed by atoms with Crippen molar-refractivity contribution < 1.29 is 8.42 Å².